The number of hydrogen-bond acceptors (Lipinski definition) is 7. The van der Waals surface area contributed by atoms with Crippen LogP contribution in [-0.4, -0.2) is 69.8 Å². The van der Waals surface area contributed by atoms with Gasteiger partial charge in [0, 0.05) is 82.6 Å². The first kappa shape index (κ1) is 39.6. The van der Waals surface area contributed by atoms with E-state index in [1.54, 1.807) is 23.9 Å². The number of aryl methyl sites for hydroxylation is 1. The summed E-state index contributed by atoms with van der Waals surface area (Å²) in [7, 11) is 1.79. The molecule has 1 aliphatic heterocycles. The van der Waals surface area contributed by atoms with Gasteiger partial charge in [-0.3, -0.25) is 19.7 Å². The smallest absolute Gasteiger partial charge is 0.250 e. The molecular weight excluding hydrogens is 644 g/mol. The van der Waals surface area contributed by atoms with Gasteiger partial charge in [0.25, 0.3) is 5.56 Å². The summed E-state index contributed by atoms with van der Waals surface area (Å²) in [6, 6.07) is 17.6. The number of rotatable bonds is 13. The minimum Gasteiger partial charge on any atom is -0.494 e. The Morgan fingerprint density at radius 3 is 2.39 bits per heavy atom. The minimum atomic E-state index is -0.00557. The highest BCUT2D eigenvalue weighted by atomic mass is 35.5. The maximum absolute atomic E-state index is 11.9. The Kier molecular flexibility index (Phi) is 18.5. The van der Waals surface area contributed by atoms with E-state index in [1.807, 2.05) is 48.9 Å². The summed E-state index contributed by atoms with van der Waals surface area (Å²) in [4.78, 5) is 25.3. The van der Waals surface area contributed by atoms with Crippen molar-refractivity contribution in [1.82, 2.24) is 24.3 Å². The van der Waals surface area contributed by atoms with Gasteiger partial charge in [0.2, 0.25) is 0 Å². The molecule has 0 unspecified atom stereocenters. The summed E-state index contributed by atoms with van der Waals surface area (Å²) in [5.41, 5.74) is 3.31. The van der Waals surface area contributed by atoms with Crippen molar-refractivity contribution >= 4 is 60.5 Å². The van der Waals surface area contributed by atoms with E-state index in [4.69, 9.17) is 9.47 Å². The predicted molar refractivity (Wildman–Crippen MR) is 186 cm³/mol. The van der Waals surface area contributed by atoms with Crippen LogP contribution >= 0.6 is 49.6 Å². The van der Waals surface area contributed by atoms with E-state index < -0.39 is 0 Å². The quantitative estimate of drug-likeness (QED) is 0.161. The number of piperidine rings is 1. The first-order valence-corrected chi connectivity index (χ1v) is 14.2. The average Bonchev–Trinajstić information content (AvgIpc) is 3.00. The molecule has 1 saturated heterocycles. The van der Waals surface area contributed by atoms with Crippen LogP contribution in [0.15, 0.2) is 84.2 Å². The third-order valence-electron chi connectivity index (χ3n) is 7.61. The summed E-state index contributed by atoms with van der Waals surface area (Å²) in [6.07, 6.45) is 10.8. The Hall–Kier alpha value is -2.43. The number of benzene rings is 1. The molecule has 44 heavy (non-hydrogen) atoms. The second kappa shape index (κ2) is 20.6. The van der Waals surface area contributed by atoms with Crippen LogP contribution in [0.2, 0.25) is 0 Å². The summed E-state index contributed by atoms with van der Waals surface area (Å²) < 4.78 is 13.9. The van der Waals surface area contributed by atoms with Crippen LogP contribution in [0.1, 0.15) is 30.4 Å². The fourth-order valence-electron chi connectivity index (χ4n) is 5.23. The molecule has 8 nitrogen and oxygen atoms in total. The minimum absolute atomic E-state index is 0. The van der Waals surface area contributed by atoms with Crippen molar-refractivity contribution in [2.45, 2.75) is 38.5 Å². The van der Waals surface area contributed by atoms with Gasteiger partial charge >= 0.3 is 0 Å². The molecule has 0 atom stereocenters. The fourth-order valence-corrected chi connectivity index (χ4v) is 5.23. The third kappa shape index (κ3) is 11.8. The molecule has 3 aromatic heterocycles. The zero-order chi connectivity index (χ0) is 27.6. The second-order valence-electron chi connectivity index (χ2n) is 10.5. The summed E-state index contributed by atoms with van der Waals surface area (Å²) in [6.45, 7) is 7.32. The Morgan fingerprint density at radius 1 is 0.886 bits per heavy atom. The molecule has 0 aliphatic carbocycles. The van der Waals surface area contributed by atoms with Crippen molar-refractivity contribution in [3.05, 3.63) is 101 Å². The Balaban J connectivity index is 0.00000242. The van der Waals surface area contributed by atoms with Gasteiger partial charge in [-0.1, -0.05) is 6.07 Å². The lowest BCUT2D eigenvalue weighted by Gasteiger charge is -2.33. The zero-order valence-corrected chi connectivity index (χ0v) is 28.2. The van der Waals surface area contributed by atoms with Crippen molar-refractivity contribution in [2.75, 3.05) is 39.3 Å². The molecule has 0 bridgehead atoms. The molecule has 1 aliphatic rings. The van der Waals surface area contributed by atoms with Crippen molar-refractivity contribution < 1.29 is 9.47 Å². The third-order valence-corrected chi connectivity index (χ3v) is 7.61. The largest absolute Gasteiger partial charge is 0.494 e. The standard InChI is InChI=1S/C32H39N5O3.4ClH/c1-35-31-7-6-30(22-28(31)5-8-32(35)38)39-21-3-16-37(24-26-9-14-33-15-10-26)20-19-36-17-11-29(12-18-36)40-25-27-4-2-13-34-23-27;;;;/h2,4-10,13-15,22-23,29H,3,11-12,16-21,24-25H2,1H3;4*1H. The van der Waals surface area contributed by atoms with Gasteiger partial charge in [-0.25, -0.2) is 0 Å². The molecule has 5 rings (SSSR count). The molecule has 4 aromatic rings. The first-order chi connectivity index (χ1) is 19.6. The van der Waals surface area contributed by atoms with Gasteiger partial charge in [0.1, 0.15) is 5.75 Å². The van der Waals surface area contributed by atoms with E-state index in [0.29, 0.717) is 19.3 Å². The van der Waals surface area contributed by atoms with Crippen LogP contribution in [0.4, 0.5) is 0 Å². The lowest BCUT2D eigenvalue weighted by atomic mass is 10.1. The number of pyridine rings is 3. The summed E-state index contributed by atoms with van der Waals surface area (Å²) in [5, 5.41) is 1.00. The van der Waals surface area contributed by atoms with Gasteiger partial charge in [-0.05, 0) is 72.9 Å². The molecule has 1 fully saturated rings. The molecule has 4 heterocycles. The number of likely N-dealkylation sites (tertiary alicyclic amines) is 1. The number of hydrogen-bond donors (Lipinski definition) is 0. The van der Waals surface area contributed by atoms with Crippen LogP contribution in [0.5, 0.6) is 5.75 Å². The zero-order valence-electron chi connectivity index (χ0n) is 25.0. The van der Waals surface area contributed by atoms with Gasteiger partial charge in [0.15, 0.2) is 0 Å². The normalized spacial score (nSPS) is 13.3. The molecule has 1 aromatic carbocycles. The topological polar surface area (TPSA) is 72.7 Å². The highest BCUT2D eigenvalue weighted by molar-refractivity contribution is 5.86. The molecule has 0 N–H and O–H groups in total. The maximum Gasteiger partial charge on any atom is 0.250 e. The molecule has 0 radical (unpaired) electrons. The van der Waals surface area contributed by atoms with E-state index in [-0.39, 0.29) is 55.2 Å². The van der Waals surface area contributed by atoms with Crippen molar-refractivity contribution in [3.63, 3.8) is 0 Å². The Morgan fingerprint density at radius 2 is 1.66 bits per heavy atom. The van der Waals surface area contributed by atoms with Crippen LogP contribution in [-0.2, 0) is 24.9 Å². The van der Waals surface area contributed by atoms with E-state index >= 15 is 0 Å². The maximum atomic E-state index is 11.9. The molecule has 0 amide bonds. The number of fused-ring (bicyclic) bond motifs is 1. The fraction of sp³-hybridized carbons (Fsp3) is 0.406. The van der Waals surface area contributed by atoms with E-state index in [9.17, 15) is 4.79 Å². The van der Waals surface area contributed by atoms with Gasteiger partial charge < -0.3 is 18.9 Å². The monoisotopic (exact) mass is 685 g/mol. The Bertz CT molecular complexity index is 1410. The molecule has 12 heteroatoms. The van der Waals surface area contributed by atoms with Crippen molar-refractivity contribution in [3.8, 4) is 5.75 Å². The van der Waals surface area contributed by atoms with E-state index in [1.165, 1.54) is 5.56 Å². The summed E-state index contributed by atoms with van der Waals surface area (Å²) in [5.74, 6) is 0.834. The number of ether oxygens (including phenoxy) is 2. The van der Waals surface area contributed by atoms with Gasteiger partial charge in [0.05, 0.1) is 24.8 Å². The van der Waals surface area contributed by atoms with Crippen LogP contribution in [0.3, 0.4) is 0 Å². The van der Waals surface area contributed by atoms with Crippen molar-refractivity contribution in [2.24, 2.45) is 7.05 Å². The SMILES string of the molecule is Cl.Cl.Cl.Cl.Cn1c(=O)ccc2cc(OCCCN(CCN3CCC(OCc4cccnc4)CC3)Cc3ccncc3)ccc21. The summed E-state index contributed by atoms with van der Waals surface area (Å²) >= 11 is 0. The van der Waals surface area contributed by atoms with Gasteiger partial charge in [-0.2, -0.15) is 0 Å². The highest BCUT2D eigenvalue weighted by Gasteiger charge is 2.20. The predicted octanol–water partition coefficient (Wildman–Crippen LogP) is 5.97. The Labute approximate surface area is 284 Å². The molecular formula is C32H43Cl4N5O3. The van der Waals surface area contributed by atoms with Crippen LogP contribution in [0.25, 0.3) is 10.9 Å². The van der Waals surface area contributed by atoms with Crippen LogP contribution < -0.4 is 10.3 Å². The lowest BCUT2D eigenvalue weighted by Crippen LogP contribution is -2.41. The first-order valence-electron chi connectivity index (χ1n) is 14.2. The molecule has 242 valence electrons. The number of aromatic nitrogens is 3. The lowest BCUT2D eigenvalue weighted by molar-refractivity contribution is -0.00407. The van der Waals surface area contributed by atoms with Crippen molar-refractivity contribution in [1.29, 1.82) is 0 Å². The molecule has 0 saturated carbocycles. The highest BCUT2D eigenvalue weighted by Crippen LogP contribution is 2.20. The van der Waals surface area contributed by atoms with E-state index in [0.717, 1.165) is 80.7 Å². The number of nitrogens with zero attached hydrogens (tertiary/aromatic N) is 5. The average molecular weight is 688 g/mol. The van der Waals surface area contributed by atoms with Crippen LogP contribution in [0, 0.1) is 0 Å². The second-order valence-corrected chi connectivity index (χ2v) is 10.5. The molecule has 0 spiro atoms. The van der Waals surface area contributed by atoms with Gasteiger partial charge in [-0.15, -0.1) is 49.6 Å². The van der Waals surface area contributed by atoms with E-state index in [2.05, 4.69) is 38.0 Å². The number of halogens is 4.